The normalized spacial score (nSPS) is 14.8. The number of carbonyl (C=O) groups is 3. The molecule has 0 aliphatic carbocycles. The third kappa shape index (κ3) is 5.04. The van der Waals surface area contributed by atoms with Gasteiger partial charge < -0.3 is 30.0 Å². The Morgan fingerprint density at radius 3 is 1.93 bits per heavy atom. The van der Waals surface area contributed by atoms with E-state index in [0.717, 1.165) is 4.90 Å². The molecule has 0 aromatic heterocycles. The summed E-state index contributed by atoms with van der Waals surface area (Å²) >= 11 is 0. The first-order valence-electron chi connectivity index (χ1n) is 8.85. The molecule has 2 rings (SSSR count). The van der Waals surface area contributed by atoms with Crippen molar-refractivity contribution in [3.63, 3.8) is 0 Å². The van der Waals surface area contributed by atoms with Crippen LogP contribution in [-0.4, -0.2) is 65.5 Å². The Morgan fingerprint density at radius 2 is 1.47 bits per heavy atom. The molecule has 1 heterocycles. The van der Waals surface area contributed by atoms with Crippen LogP contribution in [0, 0.1) is 0 Å². The first-order valence-corrected chi connectivity index (χ1v) is 12.1. The lowest BCUT2D eigenvalue weighted by atomic mass is 10.1. The molecule has 0 bridgehead atoms. The van der Waals surface area contributed by atoms with Gasteiger partial charge >= 0.3 is 15.2 Å². The van der Waals surface area contributed by atoms with E-state index in [1.165, 1.54) is 12.1 Å². The number of hydrogen-bond donors (Lipinski definition) is 6. The molecule has 0 fully saturated rings. The van der Waals surface area contributed by atoms with Crippen molar-refractivity contribution in [3.8, 4) is 0 Å². The van der Waals surface area contributed by atoms with Gasteiger partial charge in [0.15, 0.2) is 0 Å². The summed E-state index contributed by atoms with van der Waals surface area (Å²) in [5.41, 5.74) is 0.538. The minimum absolute atomic E-state index is 0.000646. The molecule has 0 atom stereocenters. The van der Waals surface area contributed by atoms with E-state index >= 15 is 0 Å². The second kappa shape index (κ2) is 9.07. The van der Waals surface area contributed by atoms with Gasteiger partial charge in [-0.3, -0.25) is 28.4 Å². The fourth-order valence-electron chi connectivity index (χ4n) is 2.92. The number of imide groups is 1. The summed E-state index contributed by atoms with van der Waals surface area (Å²) in [6, 6.07) is 6.29. The molecular weight excluding hydrogens is 442 g/mol. The Hall–Kier alpha value is -1.91. The molecule has 0 saturated heterocycles. The van der Waals surface area contributed by atoms with Gasteiger partial charge in [0.1, 0.15) is 0 Å². The van der Waals surface area contributed by atoms with Crippen LogP contribution < -0.4 is 5.32 Å². The molecule has 0 saturated carbocycles. The maximum Gasteiger partial charge on any atom is 0.369 e. The van der Waals surface area contributed by atoms with Crippen molar-refractivity contribution in [2.45, 2.75) is 30.8 Å². The summed E-state index contributed by atoms with van der Waals surface area (Å²) in [7, 11) is -11.0. The highest BCUT2D eigenvalue weighted by Crippen LogP contribution is 2.69. The van der Waals surface area contributed by atoms with Crippen LogP contribution in [0.3, 0.4) is 0 Å². The monoisotopic (exact) mass is 464 g/mol. The SMILES string of the molecule is O=C(CCN1C(=O)c2ccccc2C1=O)NCCCCC(O)(P(=O)(O)O)P(=O)(O)O. The molecule has 1 aliphatic heterocycles. The van der Waals surface area contributed by atoms with Gasteiger partial charge in [-0.25, -0.2) is 0 Å². The Balaban J connectivity index is 1.76. The van der Waals surface area contributed by atoms with Gasteiger partial charge in [-0.15, -0.1) is 0 Å². The lowest BCUT2D eigenvalue weighted by Crippen LogP contribution is -2.35. The molecule has 1 aromatic carbocycles. The van der Waals surface area contributed by atoms with E-state index in [1.54, 1.807) is 12.1 Å². The van der Waals surface area contributed by atoms with Crippen LogP contribution >= 0.6 is 15.2 Å². The van der Waals surface area contributed by atoms with E-state index < -0.39 is 44.4 Å². The van der Waals surface area contributed by atoms with E-state index in [4.69, 9.17) is 19.6 Å². The zero-order chi connectivity index (χ0) is 22.7. The van der Waals surface area contributed by atoms with Crippen molar-refractivity contribution in [2.24, 2.45) is 0 Å². The van der Waals surface area contributed by atoms with Crippen molar-refractivity contribution in [1.29, 1.82) is 0 Å². The Labute approximate surface area is 171 Å². The zero-order valence-corrected chi connectivity index (χ0v) is 17.5. The largest absolute Gasteiger partial charge is 0.369 e. The van der Waals surface area contributed by atoms with E-state index in [2.05, 4.69) is 5.32 Å². The topological polar surface area (TPSA) is 202 Å². The molecular formula is C16H22N2O10P2. The van der Waals surface area contributed by atoms with Crippen LogP contribution in [0.5, 0.6) is 0 Å². The van der Waals surface area contributed by atoms with Crippen LogP contribution in [0.2, 0.25) is 0 Å². The number of rotatable bonds is 10. The summed E-state index contributed by atoms with van der Waals surface area (Å²) < 4.78 is 22.5. The van der Waals surface area contributed by atoms with Gasteiger partial charge in [0.25, 0.3) is 16.9 Å². The molecule has 1 aliphatic rings. The van der Waals surface area contributed by atoms with Crippen LogP contribution in [0.1, 0.15) is 46.4 Å². The fourth-order valence-corrected chi connectivity index (χ4v) is 5.18. The maximum atomic E-state index is 12.2. The smallest absolute Gasteiger partial charge is 0.368 e. The number of aliphatic hydroxyl groups is 1. The first kappa shape index (κ1) is 24.4. The highest BCUT2D eigenvalue weighted by molar-refractivity contribution is 7.72. The lowest BCUT2D eigenvalue weighted by molar-refractivity contribution is -0.121. The van der Waals surface area contributed by atoms with E-state index in [0.29, 0.717) is 0 Å². The van der Waals surface area contributed by atoms with Gasteiger partial charge in [-0.2, -0.15) is 0 Å². The summed E-state index contributed by atoms with van der Waals surface area (Å²) in [5, 5.41) is 8.73. The predicted molar refractivity (Wildman–Crippen MR) is 102 cm³/mol. The number of benzene rings is 1. The second-order valence-corrected chi connectivity index (χ2v) is 10.7. The lowest BCUT2D eigenvalue weighted by Gasteiger charge is -2.29. The molecule has 0 unspecified atom stereocenters. The molecule has 3 amide bonds. The molecule has 6 N–H and O–H groups in total. The van der Waals surface area contributed by atoms with Crippen molar-refractivity contribution in [2.75, 3.05) is 13.1 Å². The van der Waals surface area contributed by atoms with E-state index in [-0.39, 0.29) is 43.5 Å². The summed E-state index contributed by atoms with van der Waals surface area (Å²) in [6.45, 7) is -0.131. The standard InChI is InChI=1S/C16H22N2O10P2/c19-13(7-10-18-14(20)11-5-1-2-6-12(11)15(18)21)17-9-4-3-8-16(22,29(23,24)25)30(26,27)28/h1-2,5-6,22H,3-4,7-10H2,(H,17,19)(H2,23,24,25)(H2,26,27,28). The van der Waals surface area contributed by atoms with Crippen molar-refractivity contribution < 1.29 is 48.2 Å². The van der Waals surface area contributed by atoms with Gasteiger partial charge in [-0.05, 0) is 31.4 Å². The zero-order valence-electron chi connectivity index (χ0n) is 15.7. The number of hydrogen-bond acceptors (Lipinski definition) is 6. The van der Waals surface area contributed by atoms with Crippen molar-refractivity contribution in [1.82, 2.24) is 10.2 Å². The first-order chi connectivity index (χ1) is 13.8. The van der Waals surface area contributed by atoms with Crippen LogP contribution in [0.15, 0.2) is 24.3 Å². The molecule has 14 heteroatoms. The molecule has 166 valence electrons. The Kier molecular flexibility index (Phi) is 7.36. The molecule has 0 spiro atoms. The quantitative estimate of drug-likeness (QED) is 0.155. The summed E-state index contributed by atoms with van der Waals surface area (Å²) in [5.74, 6) is -1.47. The fraction of sp³-hybridized carbons (Fsp3) is 0.438. The number of unbranched alkanes of at least 4 members (excludes halogenated alkanes) is 1. The van der Waals surface area contributed by atoms with Gasteiger partial charge in [0.05, 0.1) is 11.1 Å². The maximum absolute atomic E-state index is 12.2. The number of nitrogens with zero attached hydrogens (tertiary/aromatic N) is 1. The molecule has 30 heavy (non-hydrogen) atoms. The van der Waals surface area contributed by atoms with Crippen LogP contribution in [0.4, 0.5) is 0 Å². The highest BCUT2D eigenvalue weighted by atomic mass is 31.2. The number of nitrogens with one attached hydrogen (secondary N) is 1. The van der Waals surface area contributed by atoms with Gasteiger partial charge in [0.2, 0.25) is 5.91 Å². The van der Waals surface area contributed by atoms with Crippen LogP contribution in [-0.2, 0) is 13.9 Å². The van der Waals surface area contributed by atoms with E-state index in [1.807, 2.05) is 0 Å². The van der Waals surface area contributed by atoms with E-state index in [9.17, 15) is 28.6 Å². The molecule has 1 aromatic rings. The summed E-state index contributed by atoms with van der Waals surface area (Å²) in [6.07, 6.45) is -1.15. The average molecular weight is 464 g/mol. The average Bonchev–Trinajstić information content (AvgIpc) is 2.88. The second-order valence-electron chi connectivity index (χ2n) is 6.73. The number of carbonyl (C=O) groups excluding carboxylic acids is 3. The van der Waals surface area contributed by atoms with Crippen molar-refractivity contribution >= 4 is 32.9 Å². The highest BCUT2D eigenvalue weighted by Gasteiger charge is 2.58. The van der Waals surface area contributed by atoms with Crippen LogP contribution in [0.25, 0.3) is 0 Å². The van der Waals surface area contributed by atoms with Crippen molar-refractivity contribution in [3.05, 3.63) is 35.4 Å². The Morgan fingerprint density at radius 1 is 0.967 bits per heavy atom. The Bertz CT molecular complexity index is 881. The number of amides is 3. The van der Waals surface area contributed by atoms with Gasteiger partial charge in [-0.1, -0.05) is 12.1 Å². The molecule has 12 nitrogen and oxygen atoms in total. The van der Waals surface area contributed by atoms with Gasteiger partial charge in [0, 0.05) is 19.5 Å². The predicted octanol–water partition coefficient (Wildman–Crippen LogP) is -0.0393. The third-order valence-corrected chi connectivity index (χ3v) is 8.51. The summed E-state index contributed by atoms with van der Waals surface area (Å²) in [4.78, 5) is 73.4. The third-order valence-electron chi connectivity index (χ3n) is 4.63. The number of fused-ring (bicyclic) bond motifs is 1. The molecule has 0 radical (unpaired) electrons. The minimum Gasteiger partial charge on any atom is -0.368 e. The minimum atomic E-state index is -5.50.